The molecule has 5 rings (SSSR count). The molecule has 0 radical (unpaired) electrons. The standard InChI is InChI=1S/C26H25FN4O3/c1-16(15-33-3)34-24-9-8-19(21-13-30(2)29-25(21)24)17-6-7-18(22(27)11-17)12-31-14-23-20(26(31)32)5-4-10-28-23/h4-11,13,16H,12,14-15H2,1-3H3/t16-/m0/s1/i14D2. The molecule has 8 heteroatoms. The second-order valence-electron chi connectivity index (χ2n) is 8.27. The summed E-state index contributed by atoms with van der Waals surface area (Å²) >= 11 is 0. The number of hydrogen-bond donors (Lipinski definition) is 0. The predicted molar refractivity (Wildman–Crippen MR) is 126 cm³/mol. The van der Waals surface area contributed by atoms with E-state index in [0.29, 0.717) is 23.4 Å². The van der Waals surface area contributed by atoms with Gasteiger partial charge in [-0.25, -0.2) is 4.39 Å². The molecule has 0 saturated heterocycles. The van der Waals surface area contributed by atoms with Crippen molar-refractivity contribution in [1.82, 2.24) is 19.7 Å². The van der Waals surface area contributed by atoms with Gasteiger partial charge in [0, 0.05) is 44.0 Å². The average Bonchev–Trinajstić information content (AvgIpc) is 3.32. The first kappa shape index (κ1) is 19.7. The molecule has 0 aliphatic carbocycles. The Balaban J connectivity index is 1.46. The summed E-state index contributed by atoms with van der Waals surface area (Å²) in [7, 11) is 3.42. The zero-order valence-electron chi connectivity index (χ0n) is 21.1. The summed E-state index contributed by atoms with van der Waals surface area (Å²) in [5, 5.41) is 5.34. The molecule has 0 unspecified atom stereocenters. The van der Waals surface area contributed by atoms with Crippen LogP contribution in [0.15, 0.2) is 54.9 Å². The second kappa shape index (κ2) is 8.87. The average molecular weight is 463 g/mol. The molecule has 2 aromatic carbocycles. The van der Waals surface area contributed by atoms with E-state index in [0.717, 1.165) is 15.8 Å². The molecule has 174 valence electrons. The summed E-state index contributed by atoms with van der Waals surface area (Å²) in [4.78, 5) is 17.9. The maximum absolute atomic E-state index is 15.3. The fourth-order valence-corrected chi connectivity index (χ4v) is 4.14. The van der Waals surface area contributed by atoms with Gasteiger partial charge in [-0.05, 0) is 48.4 Å². The van der Waals surface area contributed by atoms with Crippen LogP contribution in [-0.4, -0.2) is 45.4 Å². The topological polar surface area (TPSA) is 69.5 Å². The minimum atomic E-state index is -2.13. The molecule has 34 heavy (non-hydrogen) atoms. The monoisotopic (exact) mass is 462 g/mol. The maximum Gasteiger partial charge on any atom is 0.256 e. The molecule has 7 nitrogen and oxygen atoms in total. The third-order valence-electron chi connectivity index (χ3n) is 5.70. The molecule has 0 saturated carbocycles. The number of aromatic nitrogens is 3. The van der Waals surface area contributed by atoms with Crippen molar-refractivity contribution in [3.63, 3.8) is 0 Å². The lowest BCUT2D eigenvalue weighted by Crippen LogP contribution is -2.23. The lowest BCUT2D eigenvalue weighted by atomic mass is 9.99. The molecule has 2 aromatic heterocycles. The Hall–Kier alpha value is -3.78. The third-order valence-corrected chi connectivity index (χ3v) is 5.70. The first-order valence-electron chi connectivity index (χ1n) is 11.9. The minimum absolute atomic E-state index is 0.0492. The van der Waals surface area contributed by atoms with E-state index in [1.807, 2.05) is 32.3 Å². The van der Waals surface area contributed by atoms with Crippen LogP contribution in [0.2, 0.25) is 0 Å². The lowest BCUT2D eigenvalue weighted by molar-refractivity contribution is 0.0765. The van der Waals surface area contributed by atoms with Crippen LogP contribution in [0.5, 0.6) is 5.75 Å². The van der Waals surface area contributed by atoms with Crippen molar-refractivity contribution in [1.29, 1.82) is 0 Å². The number of benzene rings is 2. The Morgan fingerprint density at radius 3 is 2.85 bits per heavy atom. The van der Waals surface area contributed by atoms with Gasteiger partial charge >= 0.3 is 0 Å². The van der Waals surface area contributed by atoms with Gasteiger partial charge < -0.3 is 14.4 Å². The van der Waals surface area contributed by atoms with E-state index in [1.165, 1.54) is 18.3 Å². The van der Waals surface area contributed by atoms with E-state index in [-0.39, 0.29) is 29.5 Å². The third kappa shape index (κ3) is 4.01. The van der Waals surface area contributed by atoms with Crippen molar-refractivity contribution in [2.24, 2.45) is 7.05 Å². The Labute approximate surface area is 199 Å². The van der Waals surface area contributed by atoms with E-state index in [1.54, 1.807) is 30.0 Å². The van der Waals surface area contributed by atoms with Gasteiger partial charge in [0.1, 0.15) is 23.2 Å². The number of carbonyl (C=O) groups is 1. The molecule has 0 bridgehead atoms. The van der Waals surface area contributed by atoms with Crippen molar-refractivity contribution >= 4 is 16.8 Å². The summed E-state index contributed by atoms with van der Waals surface area (Å²) in [6.07, 6.45) is 3.13. The number of rotatable bonds is 7. The van der Waals surface area contributed by atoms with Gasteiger partial charge in [0.25, 0.3) is 5.91 Å². The molecule has 1 aliphatic rings. The van der Waals surface area contributed by atoms with E-state index in [9.17, 15) is 4.79 Å². The number of aryl methyl sites for hydroxylation is 1. The number of carbonyl (C=O) groups excluding carboxylic acids is 1. The Morgan fingerprint density at radius 2 is 2.09 bits per heavy atom. The van der Waals surface area contributed by atoms with Gasteiger partial charge in [0.05, 0.1) is 27.1 Å². The molecule has 0 spiro atoms. The van der Waals surface area contributed by atoms with Crippen LogP contribution in [0, 0.1) is 5.82 Å². The van der Waals surface area contributed by atoms with Crippen molar-refractivity contribution < 1.29 is 21.4 Å². The molecule has 0 N–H and O–H groups in total. The molecular weight excluding hydrogens is 435 g/mol. The minimum Gasteiger partial charge on any atom is -0.486 e. The zero-order chi connectivity index (χ0) is 25.6. The van der Waals surface area contributed by atoms with E-state index >= 15 is 4.39 Å². The van der Waals surface area contributed by atoms with Gasteiger partial charge in [0.2, 0.25) is 0 Å². The fourth-order valence-electron chi connectivity index (χ4n) is 4.14. The summed E-state index contributed by atoms with van der Waals surface area (Å²) in [5.74, 6) is -0.438. The number of fused-ring (bicyclic) bond motifs is 2. The molecule has 3 heterocycles. The number of ether oxygens (including phenoxy) is 2. The van der Waals surface area contributed by atoms with E-state index in [2.05, 4.69) is 10.1 Å². The summed E-state index contributed by atoms with van der Waals surface area (Å²) < 4.78 is 44.9. The van der Waals surface area contributed by atoms with Crippen molar-refractivity contribution in [3.05, 3.63) is 77.5 Å². The largest absolute Gasteiger partial charge is 0.486 e. The molecule has 1 atom stereocenters. The van der Waals surface area contributed by atoms with Crippen LogP contribution in [0.1, 0.15) is 31.3 Å². The van der Waals surface area contributed by atoms with Crippen molar-refractivity contribution in [2.45, 2.75) is 26.1 Å². The van der Waals surface area contributed by atoms with E-state index in [4.69, 9.17) is 12.2 Å². The molecule has 0 fully saturated rings. The quantitative estimate of drug-likeness (QED) is 0.409. The fraction of sp³-hybridized carbons (Fsp3) is 0.269. The molecule has 1 amide bonds. The number of methoxy groups -OCH3 is 1. The van der Waals surface area contributed by atoms with Crippen molar-refractivity contribution in [3.8, 4) is 16.9 Å². The number of nitrogens with zero attached hydrogens (tertiary/aromatic N) is 4. The van der Waals surface area contributed by atoms with Crippen molar-refractivity contribution in [2.75, 3.05) is 13.7 Å². The summed E-state index contributed by atoms with van der Waals surface area (Å²) in [6.45, 7) is -0.0130. The zero-order valence-corrected chi connectivity index (χ0v) is 19.1. The lowest BCUT2D eigenvalue weighted by Gasteiger charge is -2.17. The van der Waals surface area contributed by atoms with Gasteiger partial charge in [-0.1, -0.05) is 12.1 Å². The first-order chi connectivity index (χ1) is 17.2. The highest BCUT2D eigenvalue weighted by Gasteiger charge is 2.28. The predicted octanol–water partition coefficient (Wildman–Crippen LogP) is 4.34. The Kier molecular flexibility index (Phi) is 5.13. The molecular formula is C26H25FN4O3. The number of hydrogen-bond acceptors (Lipinski definition) is 5. The van der Waals surface area contributed by atoms with E-state index < -0.39 is 18.2 Å². The Bertz CT molecular complexity index is 1470. The van der Waals surface area contributed by atoms with Gasteiger partial charge in [0.15, 0.2) is 0 Å². The smallest absolute Gasteiger partial charge is 0.256 e. The van der Waals surface area contributed by atoms with Gasteiger partial charge in [-0.15, -0.1) is 0 Å². The normalized spacial score (nSPS) is 16.4. The SMILES string of the molecule is [2H]C1([2H])c2ncccc2C(=O)N1Cc1ccc(-c2ccc(O[C@@H](C)COC)c3nn(C)cc23)cc1F. The highest BCUT2D eigenvalue weighted by molar-refractivity contribution is 5.98. The van der Waals surface area contributed by atoms with Crippen LogP contribution in [0.4, 0.5) is 4.39 Å². The second-order valence-corrected chi connectivity index (χ2v) is 8.27. The van der Waals surface area contributed by atoms with Crippen LogP contribution in [0.25, 0.3) is 22.0 Å². The highest BCUT2D eigenvalue weighted by Crippen LogP contribution is 2.35. The number of halogens is 1. The van der Waals surface area contributed by atoms with Crippen LogP contribution >= 0.6 is 0 Å². The molecule has 4 aromatic rings. The summed E-state index contributed by atoms with van der Waals surface area (Å²) in [5.41, 5.74) is 2.52. The van der Waals surface area contributed by atoms with Crippen LogP contribution < -0.4 is 4.74 Å². The maximum atomic E-state index is 15.3. The first-order valence-corrected chi connectivity index (χ1v) is 10.9. The highest BCUT2D eigenvalue weighted by atomic mass is 19.1. The van der Waals surface area contributed by atoms with Crippen LogP contribution in [0.3, 0.4) is 0 Å². The summed E-state index contributed by atoms with van der Waals surface area (Å²) in [6, 6.07) is 11.5. The van der Waals surface area contributed by atoms with Crippen LogP contribution in [-0.2, 0) is 24.8 Å². The number of amides is 1. The number of pyridine rings is 1. The molecule has 1 aliphatic heterocycles. The Morgan fingerprint density at radius 1 is 1.24 bits per heavy atom. The van der Waals surface area contributed by atoms with Gasteiger partial charge in [-0.2, -0.15) is 5.10 Å². The van der Waals surface area contributed by atoms with Gasteiger partial charge in [-0.3, -0.25) is 14.5 Å².